The Labute approximate surface area is 126 Å². The molecule has 0 aliphatic rings. The minimum Gasteiger partial charge on any atom is -0.207 e. The molecule has 2 aromatic rings. The molecule has 0 saturated heterocycles. The Morgan fingerprint density at radius 1 is 0.800 bits per heavy atom. The lowest BCUT2D eigenvalue weighted by molar-refractivity contribution is 0.626. The van der Waals surface area contributed by atoms with E-state index in [-0.39, 0.29) is 5.82 Å². The molecule has 0 atom stereocenters. The summed E-state index contributed by atoms with van der Waals surface area (Å²) in [7, 11) is 0. The van der Waals surface area contributed by atoms with Crippen LogP contribution in [0.15, 0.2) is 48.5 Å². The van der Waals surface area contributed by atoms with E-state index in [1.54, 1.807) is 0 Å². The first-order valence-electron chi connectivity index (χ1n) is 6.91. The summed E-state index contributed by atoms with van der Waals surface area (Å²) in [6.45, 7) is 8.46. The van der Waals surface area contributed by atoms with Crippen molar-refractivity contribution in [3.05, 3.63) is 70.5 Å². The Bertz CT molecular complexity index is 515. The minimum absolute atomic E-state index is 0.163. The molecule has 0 fully saturated rings. The van der Waals surface area contributed by atoms with E-state index < -0.39 is 0 Å². The highest BCUT2D eigenvalue weighted by Crippen LogP contribution is 2.22. The maximum absolute atomic E-state index is 12.4. The van der Waals surface area contributed by atoms with E-state index in [2.05, 4.69) is 33.8 Å². The Kier molecular flexibility index (Phi) is 6.74. The summed E-state index contributed by atoms with van der Waals surface area (Å²) in [5, 5.41) is 0.873. The summed E-state index contributed by atoms with van der Waals surface area (Å²) in [6, 6.07) is 14.6. The van der Waals surface area contributed by atoms with Crippen molar-refractivity contribution in [3.8, 4) is 0 Å². The zero-order valence-electron chi connectivity index (χ0n) is 12.5. The monoisotopic (exact) mass is 292 g/mol. The van der Waals surface area contributed by atoms with Crippen molar-refractivity contribution in [1.29, 1.82) is 0 Å². The van der Waals surface area contributed by atoms with Crippen LogP contribution < -0.4 is 0 Å². The van der Waals surface area contributed by atoms with Crippen LogP contribution in [0.2, 0.25) is 5.02 Å². The molecule has 2 heteroatoms. The zero-order chi connectivity index (χ0) is 15.1. The molecule has 0 bridgehead atoms. The molecule has 0 aliphatic heterocycles. The predicted molar refractivity (Wildman–Crippen MR) is 86.0 cm³/mol. The van der Waals surface area contributed by atoms with Gasteiger partial charge in [0.05, 0.1) is 0 Å². The fourth-order valence-electron chi connectivity index (χ4n) is 1.79. The van der Waals surface area contributed by atoms with Crippen LogP contribution in [0.1, 0.15) is 50.7 Å². The molecule has 0 unspecified atom stereocenters. The van der Waals surface area contributed by atoms with Crippen molar-refractivity contribution in [1.82, 2.24) is 0 Å². The Morgan fingerprint density at radius 2 is 1.35 bits per heavy atom. The smallest absolute Gasteiger partial charge is 0.123 e. The van der Waals surface area contributed by atoms with Crippen LogP contribution in [0.5, 0.6) is 0 Å². The van der Waals surface area contributed by atoms with E-state index in [1.807, 2.05) is 30.3 Å². The Hall–Kier alpha value is -1.34. The van der Waals surface area contributed by atoms with Gasteiger partial charge < -0.3 is 0 Å². The van der Waals surface area contributed by atoms with Crippen molar-refractivity contribution < 1.29 is 4.39 Å². The van der Waals surface area contributed by atoms with Gasteiger partial charge in [0.1, 0.15) is 5.82 Å². The molecule has 20 heavy (non-hydrogen) atoms. The van der Waals surface area contributed by atoms with Gasteiger partial charge in [-0.25, -0.2) is 4.39 Å². The third kappa shape index (κ3) is 5.34. The van der Waals surface area contributed by atoms with E-state index in [0.717, 1.165) is 5.02 Å². The first-order chi connectivity index (χ1) is 9.41. The maximum Gasteiger partial charge on any atom is 0.123 e. The normalized spacial score (nSPS) is 10.4. The summed E-state index contributed by atoms with van der Waals surface area (Å²) in [6.07, 6.45) is 0. The second-order valence-corrected chi connectivity index (χ2v) is 5.79. The van der Waals surface area contributed by atoms with E-state index in [1.165, 1.54) is 23.3 Å². The fourth-order valence-corrected chi connectivity index (χ4v) is 2.14. The summed E-state index contributed by atoms with van der Waals surface area (Å²) >= 11 is 5.92. The topological polar surface area (TPSA) is 0 Å². The minimum atomic E-state index is -0.163. The van der Waals surface area contributed by atoms with Crippen LogP contribution in [-0.2, 0) is 0 Å². The molecular weight excluding hydrogens is 271 g/mol. The van der Waals surface area contributed by atoms with E-state index in [4.69, 9.17) is 11.6 Å². The molecule has 2 rings (SSSR count). The molecule has 0 N–H and O–H groups in total. The van der Waals surface area contributed by atoms with E-state index >= 15 is 0 Å². The van der Waals surface area contributed by atoms with Gasteiger partial charge in [0.2, 0.25) is 0 Å². The zero-order valence-corrected chi connectivity index (χ0v) is 13.3. The average molecular weight is 293 g/mol. The van der Waals surface area contributed by atoms with Gasteiger partial charge in [-0.2, -0.15) is 0 Å². The molecule has 0 spiro atoms. The van der Waals surface area contributed by atoms with Crippen LogP contribution in [-0.4, -0.2) is 0 Å². The fraction of sp³-hybridized carbons (Fsp3) is 0.333. The first kappa shape index (κ1) is 16.7. The van der Waals surface area contributed by atoms with Gasteiger partial charge in [-0.15, -0.1) is 0 Å². The van der Waals surface area contributed by atoms with Gasteiger partial charge >= 0.3 is 0 Å². The van der Waals surface area contributed by atoms with Gasteiger partial charge in [-0.1, -0.05) is 69.6 Å². The van der Waals surface area contributed by atoms with Gasteiger partial charge in [-0.05, 0) is 41.2 Å². The molecule has 0 amide bonds. The SMILES string of the molecule is CC(C)c1ccc(F)cc1.CC(C)c1ccccc1Cl. The van der Waals surface area contributed by atoms with Crippen molar-refractivity contribution in [3.63, 3.8) is 0 Å². The highest BCUT2D eigenvalue weighted by atomic mass is 35.5. The highest BCUT2D eigenvalue weighted by molar-refractivity contribution is 6.31. The van der Waals surface area contributed by atoms with Gasteiger partial charge in [0.25, 0.3) is 0 Å². The molecular formula is C18H22ClF. The van der Waals surface area contributed by atoms with Gasteiger partial charge in [-0.3, -0.25) is 0 Å². The third-order valence-corrected chi connectivity index (χ3v) is 3.41. The van der Waals surface area contributed by atoms with Crippen molar-refractivity contribution in [2.45, 2.75) is 39.5 Å². The summed E-state index contributed by atoms with van der Waals surface area (Å²) in [5.41, 5.74) is 2.41. The quantitative estimate of drug-likeness (QED) is 0.599. The molecule has 0 saturated carbocycles. The second-order valence-electron chi connectivity index (χ2n) is 5.38. The van der Waals surface area contributed by atoms with Crippen LogP contribution in [0.3, 0.4) is 0 Å². The molecule has 0 aliphatic carbocycles. The average Bonchev–Trinajstić information content (AvgIpc) is 2.40. The molecule has 108 valence electrons. The number of halogens is 2. The Balaban J connectivity index is 0.000000200. The number of benzene rings is 2. The lowest BCUT2D eigenvalue weighted by atomic mass is 10.0. The highest BCUT2D eigenvalue weighted by Gasteiger charge is 2.01. The maximum atomic E-state index is 12.4. The Morgan fingerprint density at radius 3 is 1.75 bits per heavy atom. The molecule has 0 heterocycles. The van der Waals surface area contributed by atoms with E-state index in [0.29, 0.717) is 11.8 Å². The van der Waals surface area contributed by atoms with Gasteiger partial charge in [0.15, 0.2) is 0 Å². The molecule has 2 aromatic carbocycles. The number of hydrogen-bond donors (Lipinski definition) is 0. The van der Waals surface area contributed by atoms with Crippen LogP contribution >= 0.6 is 11.6 Å². The lowest BCUT2D eigenvalue weighted by Gasteiger charge is -2.05. The largest absolute Gasteiger partial charge is 0.207 e. The van der Waals surface area contributed by atoms with Crippen molar-refractivity contribution >= 4 is 11.6 Å². The molecule has 0 radical (unpaired) electrons. The van der Waals surface area contributed by atoms with Crippen molar-refractivity contribution in [2.75, 3.05) is 0 Å². The first-order valence-corrected chi connectivity index (χ1v) is 7.29. The van der Waals surface area contributed by atoms with E-state index in [9.17, 15) is 4.39 Å². The van der Waals surface area contributed by atoms with Crippen molar-refractivity contribution in [2.24, 2.45) is 0 Å². The van der Waals surface area contributed by atoms with Crippen LogP contribution in [0.25, 0.3) is 0 Å². The molecule has 0 nitrogen and oxygen atoms in total. The summed E-state index contributed by atoms with van der Waals surface area (Å²) in [4.78, 5) is 0. The third-order valence-electron chi connectivity index (χ3n) is 3.06. The molecule has 0 aromatic heterocycles. The second kappa shape index (κ2) is 8.06. The van der Waals surface area contributed by atoms with Crippen LogP contribution in [0, 0.1) is 5.82 Å². The standard InChI is InChI=1S/C9H11Cl.C9H11F/c1-7(2)8-5-3-4-6-9(8)10;1-7(2)8-3-5-9(10)6-4-8/h2*3-7H,1-2H3. The number of rotatable bonds is 2. The predicted octanol–water partition coefficient (Wildman–Crippen LogP) is 6.41. The number of hydrogen-bond acceptors (Lipinski definition) is 0. The lowest BCUT2D eigenvalue weighted by Crippen LogP contribution is -1.86. The van der Waals surface area contributed by atoms with Gasteiger partial charge in [0, 0.05) is 5.02 Å². The van der Waals surface area contributed by atoms with Crippen LogP contribution in [0.4, 0.5) is 4.39 Å². The summed E-state index contributed by atoms with van der Waals surface area (Å²) in [5.74, 6) is 0.846. The summed E-state index contributed by atoms with van der Waals surface area (Å²) < 4.78 is 12.4.